The van der Waals surface area contributed by atoms with Crippen LogP contribution in [0.3, 0.4) is 0 Å². The van der Waals surface area contributed by atoms with Gasteiger partial charge in [-0.05, 0) is 38.0 Å². The second kappa shape index (κ2) is 9.04. The summed E-state index contributed by atoms with van der Waals surface area (Å²) in [5.41, 5.74) is 2.03. The molecule has 0 fully saturated rings. The van der Waals surface area contributed by atoms with Crippen LogP contribution in [-0.2, 0) is 9.53 Å². The topological polar surface area (TPSA) is 75.6 Å². The summed E-state index contributed by atoms with van der Waals surface area (Å²) in [5, 5.41) is 12.6. The summed E-state index contributed by atoms with van der Waals surface area (Å²) in [6.45, 7) is 5.86. The summed E-state index contributed by atoms with van der Waals surface area (Å²) in [6.07, 6.45) is -0.0639. The minimum Gasteiger partial charge on any atom is -0.507 e. The third kappa shape index (κ3) is 5.09. The summed E-state index contributed by atoms with van der Waals surface area (Å²) in [6, 6.07) is 14.6. The number of nitrogens with one attached hydrogen (secondary N) is 1. The SMILES string of the molecule is CC[C@@H](CNC(=O)[C@H](C)OC(=O)c1cc(C)ccc1O)c1ccccc1. The van der Waals surface area contributed by atoms with Crippen molar-refractivity contribution in [3.63, 3.8) is 0 Å². The molecule has 0 aromatic heterocycles. The standard InChI is InChI=1S/C21H25NO4/c1-4-16(17-8-6-5-7-9-17)13-22-20(24)15(3)26-21(25)18-12-14(2)10-11-19(18)23/h5-12,15-16,23H,4,13H2,1-3H3,(H,22,24)/t15-,16-/m0/s1. The number of hydrogen-bond donors (Lipinski definition) is 2. The highest BCUT2D eigenvalue weighted by Gasteiger charge is 2.21. The average Bonchev–Trinajstić information content (AvgIpc) is 2.64. The number of carbonyl (C=O) groups excluding carboxylic acids is 2. The van der Waals surface area contributed by atoms with Crippen molar-refractivity contribution in [2.75, 3.05) is 6.54 Å². The van der Waals surface area contributed by atoms with Crippen LogP contribution in [0.15, 0.2) is 48.5 Å². The smallest absolute Gasteiger partial charge is 0.342 e. The molecule has 0 spiro atoms. The fourth-order valence-corrected chi connectivity index (χ4v) is 2.68. The van der Waals surface area contributed by atoms with E-state index in [1.165, 1.54) is 19.1 Å². The molecule has 2 N–H and O–H groups in total. The van der Waals surface area contributed by atoms with E-state index in [4.69, 9.17) is 4.74 Å². The van der Waals surface area contributed by atoms with Gasteiger partial charge in [0.25, 0.3) is 5.91 Å². The summed E-state index contributed by atoms with van der Waals surface area (Å²) >= 11 is 0. The lowest BCUT2D eigenvalue weighted by molar-refractivity contribution is -0.129. The van der Waals surface area contributed by atoms with Crippen molar-refractivity contribution in [1.82, 2.24) is 5.32 Å². The van der Waals surface area contributed by atoms with Crippen LogP contribution in [-0.4, -0.2) is 29.6 Å². The maximum absolute atomic E-state index is 12.3. The Bertz CT molecular complexity index is 758. The molecule has 2 rings (SSSR count). The fraction of sp³-hybridized carbons (Fsp3) is 0.333. The van der Waals surface area contributed by atoms with Crippen molar-refractivity contribution in [3.8, 4) is 5.75 Å². The van der Waals surface area contributed by atoms with E-state index < -0.39 is 12.1 Å². The monoisotopic (exact) mass is 355 g/mol. The fourth-order valence-electron chi connectivity index (χ4n) is 2.68. The third-order valence-electron chi connectivity index (χ3n) is 4.31. The Morgan fingerprint density at radius 1 is 1.15 bits per heavy atom. The van der Waals surface area contributed by atoms with E-state index in [0.717, 1.165) is 17.5 Å². The Hall–Kier alpha value is -2.82. The number of phenols is 1. The third-order valence-corrected chi connectivity index (χ3v) is 4.31. The van der Waals surface area contributed by atoms with E-state index >= 15 is 0 Å². The molecule has 0 aliphatic heterocycles. The number of phenolic OH excluding ortho intramolecular Hbond substituents is 1. The van der Waals surface area contributed by atoms with Gasteiger partial charge in [-0.3, -0.25) is 4.79 Å². The molecule has 1 amide bonds. The number of hydrogen-bond acceptors (Lipinski definition) is 4. The second-order valence-electron chi connectivity index (χ2n) is 6.33. The molecule has 138 valence electrons. The van der Waals surface area contributed by atoms with Crippen LogP contribution in [0, 0.1) is 6.92 Å². The van der Waals surface area contributed by atoms with Crippen molar-refractivity contribution in [2.45, 2.75) is 39.2 Å². The molecule has 0 heterocycles. The molecule has 0 aliphatic rings. The highest BCUT2D eigenvalue weighted by molar-refractivity contribution is 5.94. The molecule has 0 saturated heterocycles. The van der Waals surface area contributed by atoms with Gasteiger partial charge in [-0.25, -0.2) is 4.79 Å². The normalized spacial score (nSPS) is 12.9. The van der Waals surface area contributed by atoms with Gasteiger partial charge in [-0.2, -0.15) is 0 Å². The number of rotatable bonds is 7. The molecule has 26 heavy (non-hydrogen) atoms. The van der Waals surface area contributed by atoms with E-state index in [1.807, 2.05) is 30.3 Å². The zero-order valence-corrected chi connectivity index (χ0v) is 15.4. The number of aryl methyl sites for hydroxylation is 1. The van der Waals surface area contributed by atoms with Gasteiger partial charge in [0.1, 0.15) is 11.3 Å². The lowest BCUT2D eigenvalue weighted by atomic mass is 9.96. The van der Waals surface area contributed by atoms with Gasteiger partial charge in [0.2, 0.25) is 0 Å². The van der Waals surface area contributed by atoms with Crippen molar-refractivity contribution >= 4 is 11.9 Å². The van der Waals surface area contributed by atoms with Crippen molar-refractivity contribution in [2.24, 2.45) is 0 Å². The Morgan fingerprint density at radius 2 is 1.85 bits per heavy atom. The van der Waals surface area contributed by atoms with E-state index in [2.05, 4.69) is 12.2 Å². The second-order valence-corrected chi connectivity index (χ2v) is 6.33. The number of benzene rings is 2. The van der Waals surface area contributed by atoms with Crippen LogP contribution in [0.4, 0.5) is 0 Å². The molecule has 2 atom stereocenters. The summed E-state index contributed by atoms with van der Waals surface area (Å²) in [4.78, 5) is 24.4. The van der Waals surface area contributed by atoms with Gasteiger partial charge < -0.3 is 15.2 Å². The first kappa shape index (κ1) is 19.5. The number of carbonyl (C=O) groups is 2. The molecule has 5 heteroatoms. The maximum Gasteiger partial charge on any atom is 0.342 e. The average molecular weight is 355 g/mol. The summed E-state index contributed by atoms with van der Waals surface area (Å²) in [7, 11) is 0. The predicted molar refractivity (Wildman–Crippen MR) is 100 cm³/mol. The van der Waals surface area contributed by atoms with Crippen LogP contribution in [0.2, 0.25) is 0 Å². The van der Waals surface area contributed by atoms with Crippen LogP contribution in [0.25, 0.3) is 0 Å². The predicted octanol–water partition coefficient (Wildman–Crippen LogP) is 3.56. The summed E-state index contributed by atoms with van der Waals surface area (Å²) < 4.78 is 5.19. The van der Waals surface area contributed by atoms with Gasteiger partial charge in [0.05, 0.1) is 0 Å². The Kier molecular flexibility index (Phi) is 6.78. The maximum atomic E-state index is 12.3. The van der Waals surface area contributed by atoms with E-state index in [1.54, 1.807) is 13.0 Å². The van der Waals surface area contributed by atoms with E-state index in [0.29, 0.717) is 6.54 Å². The van der Waals surface area contributed by atoms with Gasteiger partial charge in [0.15, 0.2) is 6.10 Å². The van der Waals surface area contributed by atoms with Crippen molar-refractivity contribution < 1.29 is 19.4 Å². The number of aromatic hydroxyl groups is 1. The van der Waals surface area contributed by atoms with Crippen LogP contribution >= 0.6 is 0 Å². The molecular weight excluding hydrogens is 330 g/mol. The molecule has 2 aromatic carbocycles. The van der Waals surface area contributed by atoms with Crippen LogP contribution < -0.4 is 5.32 Å². The van der Waals surface area contributed by atoms with Gasteiger partial charge in [0, 0.05) is 12.5 Å². The Morgan fingerprint density at radius 3 is 2.50 bits per heavy atom. The number of amides is 1. The van der Waals surface area contributed by atoms with Gasteiger partial charge in [-0.1, -0.05) is 48.9 Å². The van der Waals surface area contributed by atoms with E-state index in [9.17, 15) is 14.7 Å². The first-order valence-corrected chi connectivity index (χ1v) is 8.75. The summed E-state index contributed by atoms with van der Waals surface area (Å²) in [5.74, 6) is -1.05. The number of esters is 1. The van der Waals surface area contributed by atoms with Crippen molar-refractivity contribution in [3.05, 3.63) is 65.2 Å². The van der Waals surface area contributed by atoms with Crippen LogP contribution in [0.1, 0.15) is 47.7 Å². The number of ether oxygens (including phenoxy) is 1. The molecule has 2 aromatic rings. The van der Waals surface area contributed by atoms with E-state index in [-0.39, 0.29) is 23.1 Å². The minimum atomic E-state index is -0.948. The molecule has 0 saturated carbocycles. The zero-order valence-electron chi connectivity index (χ0n) is 15.4. The molecule has 0 radical (unpaired) electrons. The first-order valence-electron chi connectivity index (χ1n) is 8.75. The van der Waals surface area contributed by atoms with Crippen molar-refractivity contribution in [1.29, 1.82) is 0 Å². The minimum absolute atomic E-state index is 0.0559. The molecular formula is C21H25NO4. The molecule has 5 nitrogen and oxygen atoms in total. The molecule has 0 bridgehead atoms. The lowest BCUT2D eigenvalue weighted by Crippen LogP contribution is -2.38. The first-order chi connectivity index (χ1) is 12.4. The highest BCUT2D eigenvalue weighted by atomic mass is 16.5. The molecule has 0 unspecified atom stereocenters. The quantitative estimate of drug-likeness (QED) is 0.745. The van der Waals surface area contributed by atoms with Gasteiger partial charge in [-0.15, -0.1) is 0 Å². The molecule has 0 aliphatic carbocycles. The largest absolute Gasteiger partial charge is 0.507 e. The zero-order chi connectivity index (χ0) is 19.1. The Labute approximate surface area is 154 Å². The Balaban J connectivity index is 1.92. The lowest BCUT2D eigenvalue weighted by Gasteiger charge is -2.18. The highest BCUT2D eigenvalue weighted by Crippen LogP contribution is 2.20. The van der Waals surface area contributed by atoms with Crippen LogP contribution in [0.5, 0.6) is 5.75 Å². The van der Waals surface area contributed by atoms with Gasteiger partial charge >= 0.3 is 5.97 Å².